The molecule has 166 valence electrons. The molecule has 1 aromatic carbocycles. The largest absolute Gasteiger partial charge is 0.393 e. The van der Waals surface area contributed by atoms with Gasteiger partial charge in [-0.1, -0.05) is 6.07 Å². The van der Waals surface area contributed by atoms with Gasteiger partial charge in [-0.25, -0.2) is 18.2 Å². The topological polar surface area (TPSA) is 84.3 Å². The van der Waals surface area contributed by atoms with Crippen molar-refractivity contribution in [2.75, 3.05) is 5.32 Å². The molecule has 3 atom stereocenters. The number of nitrogens with one attached hydrogen (secondary N) is 1. The average molecular weight is 443 g/mol. The van der Waals surface area contributed by atoms with Crippen LogP contribution in [0.3, 0.4) is 0 Å². The van der Waals surface area contributed by atoms with Crippen LogP contribution in [0.2, 0.25) is 0 Å². The van der Waals surface area contributed by atoms with E-state index in [1.165, 1.54) is 12.4 Å². The van der Waals surface area contributed by atoms with Gasteiger partial charge in [0.05, 0.1) is 35.8 Å². The molecule has 1 amide bonds. The highest BCUT2D eigenvalue weighted by atomic mass is 19.1. The number of anilines is 1. The number of benzene rings is 1. The van der Waals surface area contributed by atoms with Crippen LogP contribution in [0, 0.1) is 17.5 Å². The van der Waals surface area contributed by atoms with Crippen molar-refractivity contribution in [3.8, 4) is 11.3 Å². The summed E-state index contributed by atoms with van der Waals surface area (Å²) in [4.78, 5) is 20.7. The summed E-state index contributed by atoms with van der Waals surface area (Å²) in [7, 11) is 0. The Labute approximate surface area is 182 Å². The molecule has 6 nitrogen and oxygen atoms in total. The molecule has 0 bridgehead atoms. The van der Waals surface area contributed by atoms with Gasteiger partial charge >= 0.3 is 0 Å². The van der Waals surface area contributed by atoms with Crippen LogP contribution in [-0.4, -0.2) is 33.2 Å². The lowest BCUT2D eigenvalue weighted by atomic mass is 9.96. The van der Waals surface area contributed by atoms with Gasteiger partial charge in [0.25, 0.3) is 5.91 Å². The molecule has 3 heterocycles. The molecular weight excluding hydrogens is 423 g/mol. The predicted octanol–water partition coefficient (Wildman–Crippen LogP) is 4.41. The minimum Gasteiger partial charge on any atom is -0.393 e. The molecule has 1 aliphatic heterocycles. The zero-order chi connectivity index (χ0) is 22.8. The molecule has 1 saturated heterocycles. The van der Waals surface area contributed by atoms with E-state index in [9.17, 15) is 23.1 Å². The van der Waals surface area contributed by atoms with E-state index < -0.39 is 46.8 Å². The minimum absolute atomic E-state index is 0.169. The summed E-state index contributed by atoms with van der Waals surface area (Å²) in [5, 5.41) is 12.7. The van der Waals surface area contributed by atoms with Crippen molar-refractivity contribution in [2.24, 2.45) is 0 Å². The third kappa shape index (κ3) is 4.49. The molecule has 2 N–H and O–H groups in total. The number of hydrogen-bond acceptors (Lipinski definition) is 5. The lowest BCUT2D eigenvalue weighted by Gasteiger charge is -2.32. The first-order valence-electron chi connectivity index (χ1n) is 10.0. The molecule has 0 aliphatic carbocycles. The molecule has 9 heteroatoms. The SMILES string of the molecule is C[C@H]1C[C@H](O)C[C@@H](c2ccncc2NC(=O)c2ccc(F)c(-c3c(F)cccc3F)n2)O1. The number of pyridine rings is 2. The van der Waals surface area contributed by atoms with Crippen molar-refractivity contribution in [1.29, 1.82) is 0 Å². The van der Waals surface area contributed by atoms with Gasteiger partial charge in [-0.15, -0.1) is 0 Å². The van der Waals surface area contributed by atoms with E-state index in [1.54, 1.807) is 6.07 Å². The summed E-state index contributed by atoms with van der Waals surface area (Å²) in [5.74, 6) is -3.68. The molecule has 2 aromatic heterocycles. The van der Waals surface area contributed by atoms with Crippen molar-refractivity contribution in [3.05, 3.63) is 77.5 Å². The normalized spacial score (nSPS) is 20.7. The van der Waals surface area contributed by atoms with Crippen LogP contribution in [0.4, 0.5) is 18.9 Å². The van der Waals surface area contributed by atoms with Crippen molar-refractivity contribution < 1.29 is 27.8 Å². The zero-order valence-corrected chi connectivity index (χ0v) is 17.1. The third-order valence-electron chi connectivity index (χ3n) is 5.21. The van der Waals surface area contributed by atoms with Crippen molar-refractivity contribution in [2.45, 2.75) is 38.1 Å². The fourth-order valence-corrected chi connectivity index (χ4v) is 3.76. The maximum atomic E-state index is 14.3. The molecule has 4 rings (SSSR count). The van der Waals surface area contributed by atoms with Gasteiger partial charge in [-0.05, 0) is 43.7 Å². The maximum Gasteiger partial charge on any atom is 0.274 e. The second kappa shape index (κ2) is 9.05. The van der Waals surface area contributed by atoms with Gasteiger partial charge in [-0.3, -0.25) is 9.78 Å². The molecular formula is C23H20F3N3O3. The Morgan fingerprint density at radius 1 is 1.09 bits per heavy atom. The number of hydrogen-bond donors (Lipinski definition) is 2. The quantitative estimate of drug-likeness (QED) is 0.624. The number of nitrogens with zero attached hydrogens (tertiary/aromatic N) is 2. The second-order valence-electron chi connectivity index (χ2n) is 7.60. The van der Waals surface area contributed by atoms with Gasteiger partial charge in [0.2, 0.25) is 0 Å². The minimum atomic E-state index is -0.995. The monoisotopic (exact) mass is 443 g/mol. The predicted molar refractivity (Wildman–Crippen MR) is 110 cm³/mol. The van der Waals surface area contributed by atoms with E-state index in [0.717, 1.165) is 30.3 Å². The average Bonchev–Trinajstić information content (AvgIpc) is 2.74. The Morgan fingerprint density at radius 2 is 1.84 bits per heavy atom. The van der Waals surface area contributed by atoms with E-state index in [0.29, 0.717) is 24.1 Å². The van der Waals surface area contributed by atoms with E-state index in [1.807, 2.05) is 6.92 Å². The Kier molecular flexibility index (Phi) is 6.20. The van der Waals surface area contributed by atoms with E-state index >= 15 is 0 Å². The van der Waals surface area contributed by atoms with Gasteiger partial charge in [0.15, 0.2) is 0 Å². The molecule has 32 heavy (non-hydrogen) atoms. The lowest BCUT2D eigenvalue weighted by molar-refractivity contribution is -0.0892. The van der Waals surface area contributed by atoms with Gasteiger partial charge in [-0.2, -0.15) is 0 Å². The van der Waals surface area contributed by atoms with Crippen LogP contribution < -0.4 is 5.32 Å². The summed E-state index contributed by atoms with van der Waals surface area (Å²) < 4.78 is 48.5. The number of aromatic nitrogens is 2. The Hall–Kier alpha value is -3.30. The summed E-state index contributed by atoms with van der Waals surface area (Å²) in [5.41, 5.74) is -0.556. The number of carbonyl (C=O) groups excluding carboxylic acids is 1. The number of aliphatic hydroxyl groups excluding tert-OH is 1. The third-order valence-corrected chi connectivity index (χ3v) is 5.21. The Bertz CT molecular complexity index is 1130. The van der Waals surface area contributed by atoms with E-state index in [2.05, 4.69) is 15.3 Å². The van der Waals surface area contributed by atoms with E-state index in [-0.39, 0.29) is 11.8 Å². The summed E-state index contributed by atoms with van der Waals surface area (Å²) in [6, 6.07) is 6.82. The van der Waals surface area contributed by atoms with Crippen LogP contribution in [0.15, 0.2) is 48.8 Å². The highest BCUT2D eigenvalue weighted by Crippen LogP contribution is 2.35. The highest BCUT2D eigenvalue weighted by Gasteiger charge is 2.29. The molecule has 3 aromatic rings. The van der Waals surface area contributed by atoms with Crippen LogP contribution in [0.1, 0.15) is 41.9 Å². The van der Waals surface area contributed by atoms with Gasteiger partial charge in [0.1, 0.15) is 28.8 Å². The number of carbonyl (C=O) groups is 1. The zero-order valence-electron chi connectivity index (χ0n) is 17.1. The first-order chi connectivity index (χ1) is 15.3. The van der Waals surface area contributed by atoms with E-state index in [4.69, 9.17) is 4.74 Å². The van der Waals surface area contributed by atoms with Crippen molar-refractivity contribution in [1.82, 2.24) is 9.97 Å². The Balaban J connectivity index is 1.64. The summed E-state index contributed by atoms with van der Waals surface area (Å²) in [6.45, 7) is 1.85. The summed E-state index contributed by atoms with van der Waals surface area (Å²) >= 11 is 0. The number of halogens is 3. The standard InChI is InChI=1S/C23H20F3N3O3/c1-12-9-13(30)10-20(32-12)14-7-8-27-11-19(14)29-23(31)18-6-5-17(26)22(28-18)21-15(24)3-2-4-16(21)25/h2-8,11-13,20,30H,9-10H2,1H3,(H,29,31)/t12-,13-,20-/m0/s1. The second-order valence-corrected chi connectivity index (χ2v) is 7.60. The smallest absolute Gasteiger partial charge is 0.274 e. The number of aliphatic hydroxyl groups is 1. The molecule has 0 spiro atoms. The first kappa shape index (κ1) is 21.9. The van der Waals surface area contributed by atoms with Gasteiger partial charge < -0.3 is 15.2 Å². The van der Waals surface area contributed by atoms with Crippen molar-refractivity contribution in [3.63, 3.8) is 0 Å². The van der Waals surface area contributed by atoms with Crippen LogP contribution in [-0.2, 0) is 4.74 Å². The van der Waals surface area contributed by atoms with Crippen molar-refractivity contribution >= 4 is 11.6 Å². The maximum absolute atomic E-state index is 14.3. The highest BCUT2D eigenvalue weighted by molar-refractivity contribution is 6.03. The van der Waals surface area contributed by atoms with Crippen LogP contribution in [0.25, 0.3) is 11.3 Å². The number of amides is 1. The van der Waals surface area contributed by atoms with Crippen LogP contribution >= 0.6 is 0 Å². The van der Waals surface area contributed by atoms with Crippen LogP contribution in [0.5, 0.6) is 0 Å². The first-order valence-corrected chi connectivity index (χ1v) is 10.0. The summed E-state index contributed by atoms with van der Waals surface area (Å²) in [6.07, 6.45) is 2.64. The van der Waals surface area contributed by atoms with Gasteiger partial charge in [0, 0.05) is 18.2 Å². The molecule has 0 unspecified atom stereocenters. The fraction of sp³-hybridized carbons (Fsp3) is 0.261. The fourth-order valence-electron chi connectivity index (χ4n) is 3.76. The molecule has 0 saturated carbocycles. The Morgan fingerprint density at radius 3 is 2.56 bits per heavy atom. The molecule has 0 radical (unpaired) electrons. The lowest BCUT2D eigenvalue weighted by Crippen LogP contribution is -2.30. The molecule has 1 aliphatic rings. The molecule has 1 fully saturated rings. The number of ether oxygens (including phenoxy) is 1. The number of rotatable bonds is 4.